The Kier molecular flexibility index (Phi) is 6.30. The fourth-order valence-electron chi connectivity index (χ4n) is 3.58. The van der Waals surface area contributed by atoms with E-state index in [-0.39, 0.29) is 18.6 Å². The van der Waals surface area contributed by atoms with Crippen molar-refractivity contribution < 1.29 is 9.90 Å². The lowest BCUT2D eigenvalue weighted by molar-refractivity contribution is -0.124. The van der Waals surface area contributed by atoms with E-state index in [1.807, 2.05) is 6.92 Å². The van der Waals surface area contributed by atoms with E-state index in [1.54, 1.807) is 0 Å². The summed E-state index contributed by atoms with van der Waals surface area (Å²) in [4.78, 5) is 12.2. The molecule has 1 saturated carbocycles. The molecule has 4 heteroatoms. The molecular formula is C16H30N2O2. The van der Waals surface area contributed by atoms with Gasteiger partial charge in [-0.15, -0.1) is 0 Å². The second-order valence-electron chi connectivity index (χ2n) is 6.67. The Morgan fingerprint density at radius 1 is 1.30 bits per heavy atom. The Balaban J connectivity index is 1.65. The number of carbonyl (C=O) groups is 1. The van der Waals surface area contributed by atoms with Crippen LogP contribution in [0.15, 0.2) is 0 Å². The Hall–Kier alpha value is -0.610. The Morgan fingerprint density at radius 2 is 2.10 bits per heavy atom. The third-order valence-corrected chi connectivity index (χ3v) is 4.95. The summed E-state index contributed by atoms with van der Waals surface area (Å²) >= 11 is 0. The minimum atomic E-state index is 0.0182. The molecule has 0 bridgehead atoms. The van der Waals surface area contributed by atoms with Crippen molar-refractivity contribution in [2.24, 2.45) is 11.8 Å². The largest absolute Gasteiger partial charge is 0.396 e. The molecule has 0 aromatic carbocycles. The van der Waals surface area contributed by atoms with Gasteiger partial charge >= 0.3 is 0 Å². The van der Waals surface area contributed by atoms with E-state index in [4.69, 9.17) is 5.11 Å². The zero-order chi connectivity index (χ0) is 14.4. The number of hydrogen-bond donors (Lipinski definition) is 3. The Labute approximate surface area is 122 Å². The maximum absolute atomic E-state index is 12.2. The summed E-state index contributed by atoms with van der Waals surface area (Å²) in [6.07, 6.45) is 9.36. The highest BCUT2D eigenvalue weighted by molar-refractivity contribution is 5.81. The van der Waals surface area contributed by atoms with Crippen molar-refractivity contribution in [3.05, 3.63) is 0 Å². The lowest BCUT2D eigenvalue weighted by atomic mass is 9.77. The monoisotopic (exact) mass is 282 g/mol. The summed E-state index contributed by atoms with van der Waals surface area (Å²) in [6.45, 7) is 3.00. The number of fused-ring (bicyclic) bond motifs is 1. The van der Waals surface area contributed by atoms with Crippen LogP contribution in [0.3, 0.4) is 0 Å². The summed E-state index contributed by atoms with van der Waals surface area (Å²) in [6, 6.07) is 0.590. The number of amides is 1. The minimum Gasteiger partial charge on any atom is -0.396 e. The maximum atomic E-state index is 12.2. The zero-order valence-electron chi connectivity index (χ0n) is 12.7. The molecule has 0 aromatic heterocycles. The second kappa shape index (κ2) is 7.99. The van der Waals surface area contributed by atoms with E-state index in [9.17, 15) is 4.79 Å². The maximum Gasteiger partial charge on any atom is 0.237 e. The van der Waals surface area contributed by atoms with Crippen LogP contribution in [0, 0.1) is 11.8 Å². The highest BCUT2D eigenvalue weighted by Gasteiger charge is 2.34. The van der Waals surface area contributed by atoms with Crippen molar-refractivity contribution in [1.82, 2.24) is 10.6 Å². The molecule has 1 saturated heterocycles. The molecular weight excluding hydrogens is 252 g/mol. The molecule has 0 spiro atoms. The fraction of sp³-hybridized carbons (Fsp3) is 0.938. The highest BCUT2D eigenvalue weighted by atomic mass is 16.3. The SMILES string of the molecule is CC(CO)CCCNC(=O)C1CCC2CCCCC2N1. The van der Waals surface area contributed by atoms with Gasteiger partial charge in [-0.2, -0.15) is 0 Å². The van der Waals surface area contributed by atoms with Gasteiger partial charge in [0.05, 0.1) is 6.04 Å². The van der Waals surface area contributed by atoms with Gasteiger partial charge in [-0.3, -0.25) is 4.79 Å². The number of piperidine rings is 1. The topological polar surface area (TPSA) is 61.4 Å². The third kappa shape index (κ3) is 4.45. The first kappa shape index (κ1) is 15.8. The number of aliphatic hydroxyl groups is 1. The molecule has 4 unspecified atom stereocenters. The van der Waals surface area contributed by atoms with Gasteiger partial charge in [-0.1, -0.05) is 19.8 Å². The molecule has 1 heterocycles. The predicted octanol–water partition coefficient (Wildman–Crippen LogP) is 1.82. The molecule has 1 aliphatic heterocycles. The van der Waals surface area contributed by atoms with Crippen molar-refractivity contribution in [2.75, 3.05) is 13.2 Å². The number of rotatable bonds is 6. The van der Waals surface area contributed by atoms with E-state index in [2.05, 4.69) is 10.6 Å². The second-order valence-corrected chi connectivity index (χ2v) is 6.67. The highest BCUT2D eigenvalue weighted by Crippen LogP contribution is 2.32. The summed E-state index contributed by atoms with van der Waals surface area (Å²) in [5, 5.41) is 15.6. The van der Waals surface area contributed by atoms with E-state index in [0.717, 1.165) is 31.7 Å². The minimum absolute atomic E-state index is 0.0182. The van der Waals surface area contributed by atoms with E-state index in [0.29, 0.717) is 12.0 Å². The van der Waals surface area contributed by atoms with Gasteiger partial charge < -0.3 is 15.7 Å². The number of nitrogens with one attached hydrogen (secondary N) is 2. The van der Waals surface area contributed by atoms with E-state index < -0.39 is 0 Å². The molecule has 1 amide bonds. The number of carbonyl (C=O) groups excluding carboxylic acids is 1. The Morgan fingerprint density at radius 3 is 2.90 bits per heavy atom. The molecule has 3 N–H and O–H groups in total. The zero-order valence-corrected chi connectivity index (χ0v) is 12.7. The lowest BCUT2D eigenvalue weighted by Gasteiger charge is -2.39. The average Bonchev–Trinajstić information content (AvgIpc) is 2.50. The van der Waals surface area contributed by atoms with Gasteiger partial charge in [-0.05, 0) is 50.4 Å². The summed E-state index contributed by atoms with van der Waals surface area (Å²) in [5.41, 5.74) is 0. The average molecular weight is 282 g/mol. The molecule has 20 heavy (non-hydrogen) atoms. The van der Waals surface area contributed by atoms with E-state index in [1.165, 1.54) is 32.1 Å². The van der Waals surface area contributed by atoms with Gasteiger partial charge in [0.1, 0.15) is 0 Å². The molecule has 116 valence electrons. The van der Waals surface area contributed by atoms with Crippen LogP contribution < -0.4 is 10.6 Å². The predicted molar refractivity (Wildman–Crippen MR) is 80.4 cm³/mol. The van der Waals surface area contributed by atoms with Gasteiger partial charge in [0.25, 0.3) is 0 Å². The van der Waals surface area contributed by atoms with Crippen LogP contribution in [-0.2, 0) is 4.79 Å². The summed E-state index contributed by atoms with van der Waals surface area (Å²) < 4.78 is 0. The lowest BCUT2D eigenvalue weighted by Crippen LogP contribution is -2.55. The normalized spacial score (nSPS) is 31.4. The first-order valence-electron chi connectivity index (χ1n) is 8.35. The first-order chi connectivity index (χ1) is 9.70. The van der Waals surface area contributed by atoms with Gasteiger partial charge in [-0.25, -0.2) is 0 Å². The molecule has 1 aliphatic carbocycles. The standard InChI is InChI=1S/C16H30N2O2/c1-12(11-19)5-4-10-17-16(20)15-9-8-13-6-2-3-7-14(13)18-15/h12-15,18-19H,2-11H2,1H3,(H,17,20). The molecule has 0 radical (unpaired) electrons. The first-order valence-corrected chi connectivity index (χ1v) is 8.35. The van der Waals surface area contributed by atoms with Crippen LogP contribution in [0.5, 0.6) is 0 Å². The van der Waals surface area contributed by atoms with Crippen LogP contribution in [0.4, 0.5) is 0 Å². The smallest absolute Gasteiger partial charge is 0.237 e. The van der Waals surface area contributed by atoms with Crippen molar-refractivity contribution in [3.63, 3.8) is 0 Å². The van der Waals surface area contributed by atoms with Crippen LogP contribution in [0.25, 0.3) is 0 Å². The van der Waals surface area contributed by atoms with E-state index >= 15 is 0 Å². The molecule has 4 atom stereocenters. The van der Waals surface area contributed by atoms with Crippen LogP contribution in [0.1, 0.15) is 58.3 Å². The van der Waals surface area contributed by atoms with Crippen LogP contribution in [0.2, 0.25) is 0 Å². The molecule has 2 aliphatic rings. The number of hydrogen-bond acceptors (Lipinski definition) is 3. The summed E-state index contributed by atoms with van der Waals surface area (Å²) in [7, 11) is 0. The van der Waals surface area contributed by atoms with Crippen molar-refractivity contribution in [1.29, 1.82) is 0 Å². The molecule has 0 aromatic rings. The van der Waals surface area contributed by atoms with Crippen LogP contribution >= 0.6 is 0 Å². The van der Waals surface area contributed by atoms with Crippen molar-refractivity contribution in [3.8, 4) is 0 Å². The van der Waals surface area contributed by atoms with Gasteiger partial charge in [0.15, 0.2) is 0 Å². The molecule has 2 rings (SSSR count). The Bertz CT molecular complexity index is 309. The molecule has 4 nitrogen and oxygen atoms in total. The van der Waals surface area contributed by atoms with Crippen molar-refractivity contribution >= 4 is 5.91 Å². The van der Waals surface area contributed by atoms with Crippen molar-refractivity contribution in [2.45, 2.75) is 70.4 Å². The fourth-order valence-corrected chi connectivity index (χ4v) is 3.58. The number of aliphatic hydroxyl groups excluding tert-OH is 1. The van der Waals surface area contributed by atoms with Gasteiger partial charge in [0.2, 0.25) is 5.91 Å². The summed E-state index contributed by atoms with van der Waals surface area (Å²) in [5.74, 6) is 1.31. The quantitative estimate of drug-likeness (QED) is 0.651. The van der Waals surface area contributed by atoms with Crippen LogP contribution in [-0.4, -0.2) is 36.2 Å². The van der Waals surface area contributed by atoms with Gasteiger partial charge in [0, 0.05) is 19.2 Å². The molecule has 2 fully saturated rings. The third-order valence-electron chi connectivity index (χ3n) is 4.95.